The van der Waals surface area contributed by atoms with Crippen molar-refractivity contribution in [3.05, 3.63) is 0 Å². The molecule has 0 aromatic rings. The van der Waals surface area contributed by atoms with Crippen molar-refractivity contribution >= 4 is 13.4 Å². The number of carbonyl (C=O) groups excluding carboxylic acids is 1. The summed E-state index contributed by atoms with van der Waals surface area (Å²) < 4.78 is 15.2. The number of hydrogen-bond acceptors (Lipinski definition) is 3. The summed E-state index contributed by atoms with van der Waals surface area (Å²) in [5.74, 6) is 0. The Hall–Kier alpha value is -0.140. The normalized spacial score (nSPS) is 17.2. The molecule has 0 saturated carbocycles. The highest BCUT2D eigenvalue weighted by molar-refractivity contribution is 7.73. The molecule has 1 unspecified atom stereocenters. The molecule has 0 amide bonds. The van der Waals surface area contributed by atoms with E-state index in [0.29, 0.717) is 6.03 Å². The lowest BCUT2D eigenvalue weighted by molar-refractivity contribution is 0.402. The van der Waals surface area contributed by atoms with Crippen LogP contribution in [0.1, 0.15) is 6.92 Å². The summed E-state index contributed by atoms with van der Waals surface area (Å²) in [5.41, 5.74) is 0. The second-order valence-electron chi connectivity index (χ2n) is 1.33. The fraction of sp³-hybridized carbons (Fsp3) is 0.750. The molecule has 0 aromatic carbocycles. The van der Waals surface area contributed by atoms with Gasteiger partial charge in [-0.2, -0.15) is 0 Å². The van der Waals surface area contributed by atoms with Crippen molar-refractivity contribution < 1.29 is 13.9 Å². The predicted octanol–water partition coefficient (Wildman–Crippen LogP) is 1.12. The molecule has 0 N–H and O–H groups in total. The van der Waals surface area contributed by atoms with E-state index in [0.717, 1.165) is 0 Å². The molecular formula is C4H9O3P. The van der Waals surface area contributed by atoms with Crippen LogP contribution >= 0.6 is 7.37 Å². The summed E-state index contributed by atoms with van der Waals surface area (Å²) in [6.45, 7) is 1.65. The van der Waals surface area contributed by atoms with Gasteiger partial charge in [-0.25, -0.2) is 0 Å². The third-order valence-corrected chi connectivity index (χ3v) is 2.73. The predicted molar refractivity (Wildman–Crippen MR) is 31.9 cm³/mol. The van der Waals surface area contributed by atoms with Crippen molar-refractivity contribution in [1.82, 2.24) is 0 Å². The minimum Gasteiger partial charge on any atom is -0.327 e. The Morgan fingerprint density at radius 3 is 2.25 bits per heavy atom. The second-order valence-corrected chi connectivity index (χ2v) is 3.99. The molecular weight excluding hydrogens is 127 g/mol. The van der Waals surface area contributed by atoms with Gasteiger partial charge in [-0.3, -0.25) is 9.36 Å². The van der Waals surface area contributed by atoms with Crippen LogP contribution in [0.15, 0.2) is 0 Å². The van der Waals surface area contributed by atoms with E-state index in [1.807, 2.05) is 0 Å². The molecule has 0 aliphatic heterocycles. The first-order valence-electron chi connectivity index (χ1n) is 2.29. The van der Waals surface area contributed by atoms with Crippen LogP contribution in [0.3, 0.4) is 0 Å². The molecule has 0 aliphatic carbocycles. The van der Waals surface area contributed by atoms with Crippen molar-refractivity contribution in [3.8, 4) is 0 Å². The summed E-state index contributed by atoms with van der Waals surface area (Å²) in [4.78, 5) is 9.90. The Labute approximate surface area is 48.5 Å². The first-order valence-corrected chi connectivity index (χ1v) is 4.17. The van der Waals surface area contributed by atoms with Crippen LogP contribution in [0.5, 0.6) is 0 Å². The quantitative estimate of drug-likeness (QED) is 0.431. The van der Waals surface area contributed by atoms with Gasteiger partial charge in [0.25, 0.3) is 7.37 Å². The second kappa shape index (κ2) is 3.00. The number of rotatable bonds is 3. The Balaban J connectivity index is 3.99. The molecule has 8 heavy (non-hydrogen) atoms. The molecule has 0 bridgehead atoms. The smallest absolute Gasteiger partial charge is 0.263 e. The van der Waals surface area contributed by atoms with Crippen LogP contribution in [0.25, 0.3) is 0 Å². The van der Waals surface area contributed by atoms with E-state index in [4.69, 9.17) is 0 Å². The zero-order valence-electron chi connectivity index (χ0n) is 4.96. The molecule has 48 valence electrons. The molecule has 0 heterocycles. The maximum Gasteiger partial charge on any atom is 0.263 e. The van der Waals surface area contributed by atoms with Crippen LogP contribution in [-0.4, -0.2) is 19.3 Å². The van der Waals surface area contributed by atoms with E-state index in [1.54, 1.807) is 6.92 Å². The van der Waals surface area contributed by atoms with E-state index in [2.05, 4.69) is 4.52 Å². The van der Waals surface area contributed by atoms with Crippen molar-refractivity contribution in [1.29, 1.82) is 0 Å². The molecule has 3 nitrogen and oxygen atoms in total. The Bertz CT molecular complexity index is 112. The lowest BCUT2D eigenvalue weighted by atomic mass is 11.0. The van der Waals surface area contributed by atoms with Crippen LogP contribution in [-0.2, 0) is 13.9 Å². The number of carbonyl (C=O) groups is 1. The Morgan fingerprint density at radius 1 is 1.75 bits per heavy atom. The topological polar surface area (TPSA) is 43.4 Å². The highest BCUT2D eigenvalue weighted by Gasteiger charge is 2.15. The van der Waals surface area contributed by atoms with Crippen molar-refractivity contribution in [2.24, 2.45) is 0 Å². The van der Waals surface area contributed by atoms with Gasteiger partial charge in [0.1, 0.15) is 0 Å². The lowest BCUT2D eigenvalue weighted by Gasteiger charge is -2.02. The lowest BCUT2D eigenvalue weighted by Crippen LogP contribution is -1.87. The maximum atomic E-state index is 10.7. The van der Waals surface area contributed by atoms with E-state index in [1.165, 1.54) is 7.11 Å². The SMILES string of the molecule is CCP(=O)(C=O)OC. The van der Waals surface area contributed by atoms with Gasteiger partial charge in [0.05, 0.1) is 0 Å². The highest BCUT2D eigenvalue weighted by atomic mass is 31.2. The van der Waals surface area contributed by atoms with Gasteiger partial charge in [-0.1, -0.05) is 6.92 Å². The number of hydrogen-bond donors (Lipinski definition) is 0. The molecule has 0 spiro atoms. The Kier molecular flexibility index (Phi) is 2.95. The molecule has 0 rings (SSSR count). The average molecular weight is 136 g/mol. The van der Waals surface area contributed by atoms with Gasteiger partial charge in [0.2, 0.25) is 6.03 Å². The van der Waals surface area contributed by atoms with Crippen LogP contribution < -0.4 is 0 Å². The van der Waals surface area contributed by atoms with Crippen LogP contribution in [0.4, 0.5) is 0 Å². The van der Waals surface area contributed by atoms with Gasteiger partial charge >= 0.3 is 0 Å². The molecule has 0 fully saturated rings. The zero-order valence-corrected chi connectivity index (χ0v) is 5.85. The summed E-state index contributed by atoms with van der Waals surface area (Å²) in [6, 6.07) is 0.382. The minimum atomic E-state index is -2.84. The largest absolute Gasteiger partial charge is 0.327 e. The molecule has 0 aliphatic rings. The van der Waals surface area contributed by atoms with Gasteiger partial charge in [0.15, 0.2) is 0 Å². The third-order valence-electron chi connectivity index (χ3n) is 0.910. The molecule has 4 heteroatoms. The molecule has 0 radical (unpaired) electrons. The summed E-state index contributed by atoms with van der Waals surface area (Å²) in [6.07, 6.45) is 0.285. The summed E-state index contributed by atoms with van der Waals surface area (Å²) in [7, 11) is -1.57. The fourth-order valence-electron chi connectivity index (χ4n) is 0.247. The molecule has 0 saturated heterocycles. The minimum absolute atomic E-state index is 0.285. The standard InChI is InChI=1S/C4H9O3P/c1-3-8(6,4-5)7-2/h4H,3H2,1-2H3. The zero-order chi connectivity index (χ0) is 6.62. The molecule has 1 atom stereocenters. The van der Waals surface area contributed by atoms with E-state index in [9.17, 15) is 9.36 Å². The Morgan fingerprint density at radius 2 is 2.25 bits per heavy atom. The van der Waals surface area contributed by atoms with Gasteiger partial charge < -0.3 is 4.52 Å². The monoisotopic (exact) mass is 136 g/mol. The van der Waals surface area contributed by atoms with Gasteiger partial charge in [-0.05, 0) is 0 Å². The van der Waals surface area contributed by atoms with E-state index < -0.39 is 7.37 Å². The van der Waals surface area contributed by atoms with Gasteiger partial charge in [0, 0.05) is 13.3 Å². The maximum absolute atomic E-state index is 10.7. The van der Waals surface area contributed by atoms with Gasteiger partial charge in [-0.15, -0.1) is 0 Å². The fourth-order valence-corrected chi connectivity index (χ4v) is 0.740. The van der Waals surface area contributed by atoms with Crippen LogP contribution in [0.2, 0.25) is 0 Å². The highest BCUT2D eigenvalue weighted by Crippen LogP contribution is 2.41. The van der Waals surface area contributed by atoms with E-state index in [-0.39, 0.29) is 6.16 Å². The van der Waals surface area contributed by atoms with Crippen LogP contribution in [0, 0.1) is 0 Å². The van der Waals surface area contributed by atoms with E-state index >= 15 is 0 Å². The van der Waals surface area contributed by atoms with Crippen molar-refractivity contribution in [2.75, 3.05) is 13.3 Å². The summed E-state index contributed by atoms with van der Waals surface area (Å²) in [5, 5.41) is 0. The first-order chi connectivity index (χ1) is 3.68. The third kappa shape index (κ3) is 1.76. The summed E-state index contributed by atoms with van der Waals surface area (Å²) >= 11 is 0. The van der Waals surface area contributed by atoms with Crippen molar-refractivity contribution in [2.45, 2.75) is 6.92 Å². The first kappa shape index (κ1) is 7.86. The average Bonchev–Trinajstić information content (AvgIpc) is 1.87. The molecule has 0 aromatic heterocycles. The van der Waals surface area contributed by atoms with Crippen molar-refractivity contribution in [3.63, 3.8) is 0 Å².